The zero-order chi connectivity index (χ0) is 8.77. The standard InChI is InChI=1S/C11H14O/c1-11(2)7-10(12)8-5-3-4-6-9(8)11/h4-6,9H,3,7H2,1-2H3. The SMILES string of the molecule is CC1(C)CC(=O)C2=CCC=CC21. The Morgan fingerprint density at radius 1 is 1.50 bits per heavy atom. The highest BCUT2D eigenvalue weighted by molar-refractivity contribution is 5.99. The van der Waals surface area contributed by atoms with Crippen molar-refractivity contribution in [3.05, 3.63) is 23.8 Å². The van der Waals surface area contributed by atoms with E-state index >= 15 is 0 Å². The van der Waals surface area contributed by atoms with E-state index in [1.807, 2.05) is 0 Å². The van der Waals surface area contributed by atoms with Gasteiger partial charge in [-0.05, 0) is 17.4 Å². The molecule has 1 fully saturated rings. The Labute approximate surface area is 73.2 Å². The molecule has 2 aliphatic carbocycles. The van der Waals surface area contributed by atoms with E-state index in [0.29, 0.717) is 18.1 Å². The van der Waals surface area contributed by atoms with Crippen LogP contribution in [-0.2, 0) is 4.79 Å². The van der Waals surface area contributed by atoms with Crippen LogP contribution in [0.4, 0.5) is 0 Å². The Balaban J connectivity index is 2.41. The predicted octanol–water partition coefficient (Wildman–Crippen LogP) is 2.49. The lowest BCUT2D eigenvalue weighted by Gasteiger charge is -2.24. The first-order valence-electron chi connectivity index (χ1n) is 4.51. The maximum absolute atomic E-state index is 11.5. The number of hydrogen-bond acceptors (Lipinski definition) is 1. The smallest absolute Gasteiger partial charge is 0.159 e. The van der Waals surface area contributed by atoms with Gasteiger partial charge in [-0.1, -0.05) is 32.1 Å². The zero-order valence-corrected chi connectivity index (χ0v) is 7.63. The molecule has 64 valence electrons. The predicted molar refractivity (Wildman–Crippen MR) is 48.7 cm³/mol. The molecule has 12 heavy (non-hydrogen) atoms. The van der Waals surface area contributed by atoms with Gasteiger partial charge in [0.05, 0.1) is 0 Å². The van der Waals surface area contributed by atoms with Crippen LogP contribution >= 0.6 is 0 Å². The summed E-state index contributed by atoms with van der Waals surface area (Å²) in [6.07, 6.45) is 8.10. The summed E-state index contributed by atoms with van der Waals surface area (Å²) in [4.78, 5) is 11.5. The van der Waals surface area contributed by atoms with Gasteiger partial charge in [0.2, 0.25) is 0 Å². The molecule has 2 rings (SSSR count). The Kier molecular flexibility index (Phi) is 1.50. The van der Waals surface area contributed by atoms with E-state index in [1.165, 1.54) is 0 Å². The molecule has 0 N–H and O–H groups in total. The van der Waals surface area contributed by atoms with Crippen LogP contribution in [0.2, 0.25) is 0 Å². The van der Waals surface area contributed by atoms with Crippen LogP contribution in [0.15, 0.2) is 23.8 Å². The third-order valence-corrected chi connectivity index (χ3v) is 2.92. The summed E-state index contributed by atoms with van der Waals surface area (Å²) in [6, 6.07) is 0. The van der Waals surface area contributed by atoms with Crippen LogP contribution in [0, 0.1) is 11.3 Å². The Bertz CT molecular complexity index is 281. The summed E-state index contributed by atoms with van der Waals surface area (Å²) >= 11 is 0. The molecule has 0 aliphatic heterocycles. The molecule has 0 heterocycles. The van der Waals surface area contributed by atoms with E-state index in [0.717, 1.165) is 12.0 Å². The second-order valence-electron chi connectivity index (χ2n) is 4.39. The van der Waals surface area contributed by atoms with Crippen molar-refractivity contribution in [3.63, 3.8) is 0 Å². The minimum absolute atomic E-state index is 0.153. The summed E-state index contributed by atoms with van der Waals surface area (Å²) in [6.45, 7) is 4.35. The van der Waals surface area contributed by atoms with Crippen molar-refractivity contribution in [2.24, 2.45) is 11.3 Å². The highest BCUT2D eigenvalue weighted by Crippen LogP contribution is 2.46. The van der Waals surface area contributed by atoms with E-state index in [9.17, 15) is 4.79 Å². The highest BCUT2D eigenvalue weighted by atomic mass is 16.1. The van der Waals surface area contributed by atoms with E-state index in [-0.39, 0.29) is 5.41 Å². The fourth-order valence-electron chi connectivity index (χ4n) is 2.23. The normalized spacial score (nSPS) is 31.7. The minimum atomic E-state index is 0.153. The van der Waals surface area contributed by atoms with Crippen LogP contribution < -0.4 is 0 Å². The molecule has 0 aromatic heterocycles. The monoisotopic (exact) mass is 162 g/mol. The number of carbonyl (C=O) groups excluding carboxylic acids is 1. The van der Waals surface area contributed by atoms with Crippen molar-refractivity contribution in [2.45, 2.75) is 26.7 Å². The van der Waals surface area contributed by atoms with Gasteiger partial charge in [-0.25, -0.2) is 0 Å². The second kappa shape index (κ2) is 2.32. The molecular formula is C11H14O. The highest BCUT2D eigenvalue weighted by Gasteiger charge is 2.42. The van der Waals surface area contributed by atoms with Gasteiger partial charge in [-0.15, -0.1) is 0 Å². The van der Waals surface area contributed by atoms with E-state index in [4.69, 9.17) is 0 Å². The van der Waals surface area contributed by atoms with E-state index in [1.54, 1.807) is 0 Å². The lowest BCUT2D eigenvalue weighted by atomic mass is 9.79. The first-order valence-corrected chi connectivity index (χ1v) is 4.51. The van der Waals surface area contributed by atoms with Crippen LogP contribution in [0.3, 0.4) is 0 Å². The number of hydrogen-bond donors (Lipinski definition) is 0. The first-order chi connectivity index (χ1) is 5.61. The molecule has 1 saturated carbocycles. The quantitative estimate of drug-likeness (QED) is 0.500. The Morgan fingerprint density at radius 2 is 2.25 bits per heavy atom. The number of fused-ring (bicyclic) bond motifs is 1. The van der Waals surface area contributed by atoms with Gasteiger partial charge in [-0.3, -0.25) is 4.79 Å². The molecule has 1 atom stereocenters. The summed E-state index contributed by atoms with van der Waals surface area (Å²) in [5.74, 6) is 0.744. The molecule has 2 aliphatic rings. The fourth-order valence-corrected chi connectivity index (χ4v) is 2.23. The van der Waals surface area contributed by atoms with Crippen molar-refractivity contribution in [1.82, 2.24) is 0 Å². The third-order valence-electron chi connectivity index (χ3n) is 2.92. The maximum atomic E-state index is 11.5. The summed E-state index contributed by atoms with van der Waals surface area (Å²) in [7, 11) is 0. The van der Waals surface area contributed by atoms with E-state index < -0.39 is 0 Å². The average Bonchev–Trinajstić information content (AvgIpc) is 2.25. The molecule has 0 radical (unpaired) electrons. The topological polar surface area (TPSA) is 17.1 Å². The van der Waals surface area contributed by atoms with Crippen molar-refractivity contribution >= 4 is 5.78 Å². The zero-order valence-electron chi connectivity index (χ0n) is 7.63. The fraction of sp³-hybridized carbons (Fsp3) is 0.545. The lowest BCUT2D eigenvalue weighted by molar-refractivity contribution is -0.115. The summed E-state index contributed by atoms with van der Waals surface area (Å²) < 4.78 is 0. The second-order valence-corrected chi connectivity index (χ2v) is 4.39. The molecule has 1 heteroatoms. The van der Waals surface area contributed by atoms with Gasteiger partial charge in [0.15, 0.2) is 5.78 Å². The molecule has 1 unspecified atom stereocenters. The minimum Gasteiger partial charge on any atom is -0.295 e. The number of ketones is 1. The van der Waals surface area contributed by atoms with Crippen molar-refractivity contribution < 1.29 is 4.79 Å². The first kappa shape index (κ1) is 7.78. The van der Waals surface area contributed by atoms with Crippen LogP contribution in [0.1, 0.15) is 26.7 Å². The van der Waals surface area contributed by atoms with Crippen molar-refractivity contribution in [1.29, 1.82) is 0 Å². The molecule has 0 saturated heterocycles. The van der Waals surface area contributed by atoms with Gasteiger partial charge in [0.25, 0.3) is 0 Å². The van der Waals surface area contributed by atoms with Crippen LogP contribution in [-0.4, -0.2) is 5.78 Å². The Morgan fingerprint density at radius 3 is 2.92 bits per heavy atom. The maximum Gasteiger partial charge on any atom is 0.159 e. The molecule has 0 amide bonds. The van der Waals surface area contributed by atoms with Crippen molar-refractivity contribution in [2.75, 3.05) is 0 Å². The number of rotatable bonds is 0. The molecule has 1 nitrogen and oxygen atoms in total. The third kappa shape index (κ3) is 0.961. The van der Waals surface area contributed by atoms with Crippen LogP contribution in [0.5, 0.6) is 0 Å². The number of carbonyl (C=O) groups is 1. The summed E-state index contributed by atoms with van der Waals surface area (Å²) in [5.41, 5.74) is 1.21. The van der Waals surface area contributed by atoms with Gasteiger partial charge in [0.1, 0.15) is 0 Å². The molecule has 0 aromatic carbocycles. The number of allylic oxidation sites excluding steroid dienone is 4. The van der Waals surface area contributed by atoms with Crippen LogP contribution in [0.25, 0.3) is 0 Å². The largest absolute Gasteiger partial charge is 0.295 e. The Hall–Kier alpha value is -0.850. The molecule has 0 spiro atoms. The molecule has 0 bridgehead atoms. The van der Waals surface area contributed by atoms with Gasteiger partial charge < -0.3 is 0 Å². The van der Waals surface area contributed by atoms with Gasteiger partial charge in [-0.2, -0.15) is 0 Å². The molecular weight excluding hydrogens is 148 g/mol. The van der Waals surface area contributed by atoms with E-state index in [2.05, 4.69) is 32.1 Å². The average molecular weight is 162 g/mol. The molecule has 0 aromatic rings. The van der Waals surface area contributed by atoms with Gasteiger partial charge >= 0.3 is 0 Å². The summed E-state index contributed by atoms with van der Waals surface area (Å²) in [5, 5.41) is 0. The van der Waals surface area contributed by atoms with Crippen molar-refractivity contribution in [3.8, 4) is 0 Å². The van der Waals surface area contributed by atoms with Gasteiger partial charge in [0, 0.05) is 12.3 Å². The number of Topliss-reactive ketones (excluding diaryl/α,β-unsaturated/α-hetero) is 1. The lowest BCUT2D eigenvalue weighted by Crippen LogP contribution is -2.16.